The Bertz CT molecular complexity index is 1320. The van der Waals surface area contributed by atoms with Crippen molar-refractivity contribution in [1.29, 1.82) is 0 Å². The summed E-state index contributed by atoms with van der Waals surface area (Å²) in [6, 6.07) is 15.0. The van der Waals surface area contributed by atoms with E-state index in [1.807, 2.05) is 12.1 Å². The van der Waals surface area contributed by atoms with Crippen LogP contribution < -0.4 is 5.32 Å². The lowest BCUT2D eigenvalue weighted by Gasteiger charge is -2.27. The molecule has 1 N–H and O–H groups in total. The maximum absolute atomic E-state index is 13.1. The molecule has 0 radical (unpaired) electrons. The van der Waals surface area contributed by atoms with Crippen LogP contribution in [0.4, 0.5) is 18.9 Å². The van der Waals surface area contributed by atoms with Crippen molar-refractivity contribution in [2.45, 2.75) is 19.0 Å². The molecule has 4 rings (SSSR count). The molecule has 1 aliphatic heterocycles. The normalized spacial score (nSPS) is 13.2. The van der Waals surface area contributed by atoms with Gasteiger partial charge in [-0.05, 0) is 36.1 Å². The third-order valence-electron chi connectivity index (χ3n) is 5.94. The third kappa shape index (κ3) is 4.93. The Kier molecular flexibility index (Phi) is 6.78. The highest BCUT2D eigenvalue weighted by Gasteiger charge is 2.34. The van der Waals surface area contributed by atoms with Crippen molar-refractivity contribution in [3.05, 3.63) is 77.4 Å². The molecule has 3 aromatic carbocycles. The molecule has 3 aromatic rings. The summed E-state index contributed by atoms with van der Waals surface area (Å²) in [5, 5.41) is 3.59. The third-order valence-corrected chi connectivity index (χ3v) is 5.94. The van der Waals surface area contributed by atoms with Crippen LogP contribution in [0.2, 0.25) is 0 Å². The fraction of sp³-hybridized carbons (Fsp3) is 0.231. The molecule has 0 aliphatic carbocycles. The quantitative estimate of drug-likeness (QED) is 0.493. The van der Waals surface area contributed by atoms with Crippen molar-refractivity contribution in [2.75, 3.05) is 25.5 Å². The summed E-state index contributed by atoms with van der Waals surface area (Å²) in [5.41, 5.74) is -0.544. The van der Waals surface area contributed by atoms with Gasteiger partial charge in [0, 0.05) is 36.5 Å². The SMILES string of the molecule is CN(CC(=O)Nc1ccccc1C(F)(F)F)C(=O)CCCN1C(=O)c2cccc3cccc(c23)C1=O. The number of benzene rings is 3. The molecule has 1 heterocycles. The Morgan fingerprint density at radius 2 is 1.53 bits per heavy atom. The minimum absolute atomic E-state index is 0.00707. The van der Waals surface area contributed by atoms with Crippen LogP contribution in [-0.4, -0.2) is 53.6 Å². The number of imide groups is 1. The summed E-state index contributed by atoms with van der Waals surface area (Å²) in [7, 11) is 1.35. The molecule has 1 aliphatic rings. The molecular weight excluding hydrogens is 475 g/mol. The van der Waals surface area contributed by atoms with Crippen molar-refractivity contribution in [3.63, 3.8) is 0 Å². The predicted octanol–water partition coefficient (Wildman–Crippen LogP) is 4.33. The van der Waals surface area contributed by atoms with Gasteiger partial charge in [0.1, 0.15) is 0 Å². The lowest BCUT2D eigenvalue weighted by atomic mass is 9.94. The van der Waals surface area contributed by atoms with Crippen LogP contribution in [-0.2, 0) is 15.8 Å². The Hall–Kier alpha value is -4.21. The molecule has 0 aromatic heterocycles. The second kappa shape index (κ2) is 9.80. The molecule has 186 valence electrons. The summed E-state index contributed by atoms with van der Waals surface area (Å²) in [6.07, 6.45) is -4.54. The first-order valence-electron chi connectivity index (χ1n) is 11.2. The molecule has 0 spiro atoms. The first-order chi connectivity index (χ1) is 17.1. The fourth-order valence-electron chi connectivity index (χ4n) is 4.20. The second-order valence-electron chi connectivity index (χ2n) is 8.42. The van der Waals surface area contributed by atoms with Crippen molar-refractivity contribution in [2.24, 2.45) is 0 Å². The van der Waals surface area contributed by atoms with E-state index in [4.69, 9.17) is 0 Å². The van der Waals surface area contributed by atoms with Crippen LogP contribution in [0, 0.1) is 0 Å². The van der Waals surface area contributed by atoms with Crippen molar-refractivity contribution < 1.29 is 32.3 Å². The molecule has 0 unspecified atom stereocenters. The van der Waals surface area contributed by atoms with Crippen LogP contribution >= 0.6 is 0 Å². The van der Waals surface area contributed by atoms with Crippen LogP contribution in [0.3, 0.4) is 0 Å². The fourth-order valence-corrected chi connectivity index (χ4v) is 4.20. The van der Waals surface area contributed by atoms with E-state index in [0.29, 0.717) is 16.5 Å². The highest BCUT2D eigenvalue weighted by molar-refractivity contribution is 6.25. The average Bonchev–Trinajstić information content (AvgIpc) is 2.83. The van der Waals surface area contributed by atoms with Gasteiger partial charge in [0.05, 0.1) is 17.8 Å². The summed E-state index contributed by atoms with van der Waals surface area (Å²) < 4.78 is 39.3. The molecule has 0 atom stereocenters. The first-order valence-corrected chi connectivity index (χ1v) is 11.2. The lowest BCUT2D eigenvalue weighted by Crippen LogP contribution is -2.41. The van der Waals surface area contributed by atoms with E-state index in [1.165, 1.54) is 19.2 Å². The maximum Gasteiger partial charge on any atom is 0.418 e. The van der Waals surface area contributed by atoms with E-state index < -0.39 is 47.6 Å². The number of hydrogen-bond donors (Lipinski definition) is 1. The molecule has 0 saturated carbocycles. The van der Waals surface area contributed by atoms with Crippen molar-refractivity contribution in [1.82, 2.24) is 9.80 Å². The van der Waals surface area contributed by atoms with Gasteiger partial charge in [-0.15, -0.1) is 0 Å². The standard InChI is InChI=1S/C26H22F3N3O4/c1-31(15-21(33)30-20-12-3-2-11-19(20)26(27,28)29)22(34)13-6-14-32-24(35)17-9-4-7-16-8-5-10-18(23(16)17)25(32)36/h2-5,7-12H,6,13-15H2,1H3,(H,30,33). The molecule has 0 bridgehead atoms. The van der Waals surface area contributed by atoms with Gasteiger partial charge >= 0.3 is 6.18 Å². The number of halogens is 3. The van der Waals surface area contributed by atoms with Crippen LogP contribution in [0.1, 0.15) is 39.1 Å². The van der Waals surface area contributed by atoms with Gasteiger partial charge in [0.25, 0.3) is 11.8 Å². The van der Waals surface area contributed by atoms with E-state index in [0.717, 1.165) is 27.3 Å². The maximum atomic E-state index is 13.1. The van der Waals surface area contributed by atoms with E-state index >= 15 is 0 Å². The number of carbonyl (C=O) groups excluding carboxylic acids is 4. The number of likely N-dealkylation sites (N-methyl/N-ethyl adjacent to an activating group) is 1. The molecule has 4 amide bonds. The number of rotatable bonds is 7. The van der Waals surface area contributed by atoms with Crippen LogP contribution in [0.25, 0.3) is 10.8 Å². The minimum Gasteiger partial charge on any atom is -0.336 e. The van der Waals surface area contributed by atoms with Crippen LogP contribution in [0.5, 0.6) is 0 Å². The number of anilines is 1. The smallest absolute Gasteiger partial charge is 0.336 e. The van der Waals surface area contributed by atoms with E-state index in [-0.39, 0.29) is 19.4 Å². The monoisotopic (exact) mass is 497 g/mol. The zero-order chi connectivity index (χ0) is 26.0. The Morgan fingerprint density at radius 1 is 0.917 bits per heavy atom. The molecule has 0 saturated heterocycles. The van der Waals surface area contributed by atoms with Gasteiger partial charge in [-0.3, -0.25) is 24.1 Å². The average molecular weight is 497 g/mol. The number of alkyl halides is 3. The van der Waals surface area contributed by atoms with Crippen LogP contribution in [0.15, 0.2) is 60.7 Å². The molecular formula is C26H22F3N3O4. The molecule has 0 fully saturated rings. The van der Waals surface area contributed by atoms with Gasteiger partial charge in [-0.1, -0.05) is 36.4 Å². The predicted molar refractivity (Wildman–Crippen MR) is 126 cm³/mol. The summed E-state index contributed by atoms with van der Waals surface area (Å²) >= 11 is 0. The van der Waals surface area contributed by atoms with E-state index in [2.05, 4.69) is 5.32 Å². The Labute approximate surface area is 204 Å². The van der Waals surface area contributed by atoms with E-state index in [9.17, 15) is 32.3 Å². The van der Waals surface area contributed by atoms with E-state index in [1.54, 1.807) is 24.3 Å². The van der Waals surface area contributed by atoms with Gasteiger partial charge in [0.2, 0.25) is 11.8 Å². The first kappa shape index (κ1) is 24.9. The van der Waals surface area contributed by atoms with Crippen molar-refractivity contribution >= 4 is 40.1 Å². The number of amides is 4. The van der Waals surface area contributed by atoms with Gasteiger partial charge < -0.3 is 10.2 Å². The molecule has 36 heavy (non-hydrogen) atoms. The molecule has 10 heteroatoms. The topological polar surface area (TPSA) is 86.8 Å². The summed E-state index contributed by atoms with van der Waals surface area (Å²) in [4.78, 5) is 52.8. The number of nitrogens with zero attached hydrogens (tertiary/aromatic N) is 2. The highest BCUT2D eigenvalue weighted by atomic mass is 19.4. The number of nitrogens with one attached hydrogen (secondary N) is 1. The molecule has 7 nitrogen and oxygen atoms in total. The van der Waals surface area contributed by atoms with Gasteiger partial charge in [-0.25, -0.2) is 0 Å². The lowest BCUT2D eigenvalue weighted by molar-refractivity contribution is -0.137. The zero-order valence-corrected chi connectivity index (χ0v) is 19.3. The number of para-hydroxylation sites is 1. The summed E-state index contributed by atoms with van der Waals surface area (Å²) in [6.45, 7) is -0.449. The largest absolute Gasteiger partial charge is 0.418 e. The Morgan fingerprint density at radius 3 is 2.14 bits per heavy atom. The number of hydrogen-bond acceptors (Lipinski definition) is 4. The number of carbonyl (C=O) groups is 4. The summed E-state index contributed by atoms with van der Waals surface area (Å²) in [5.74, 6) is -2.11. The zero-order valence-electron chi connectivity index (χ0n) is 19.3. The highest BCUT2D eigenvalue weighted by Crippen LogP contribution is 2.34. The van der Waals surface area contributed by atoms with Crippen molar-refractivity contribution in [3.8, 4) is 0 Å². The van der Waals surface area contributed by atoms with Gasteiger partial charge in [0.15, 0.2) is 0 Å². The second-order valence-corrected chi connectivity index (χ2v) is 8.42. The Balaban J connectivity index is 1.33. The minimum atomic E-state index is -4.64. The van der Waals surface area contributed by atoms with Gasteiger partial charge in [-0.2, -0.15) is 13.2 Å².